The maximum Gasteiger partial charge on any atom is 0.350 e. The zero-order valence-corrected chi connectivity index (χ0v) is 16.9. The van der Waals surface area contributed by atoms with Gasteiger partial charge < -0.3 is 10.1 Å². The van der Waals surface area contributed by atoms with Gasteiger partial charge in [-0.05, 0) is 31.2 Å². The predicted molar refractivity (Wildman–Crippen MR) is 108 cm³/mol. The molecule has 10 heteroatoms. The van der Waals surface area contributed by atoms with Crippen LogP contribution in [0, 0.1) is 0 Å². The maximum absolute atomic E-state index is 12.4. The highest BCUT2D eigenvalue weighted by molar-refractivity contribution is 7.89. The minimum Gasteiger partial charge on any atom is -0.448 e. The van der Waals surface area contributed by atoms with E-state index in [0.717, 1.165) is 10.1 Å². The van der Waals surface area contributed by atoms with Gasteiger partial charge in [-0.25, -0.2) is 18.4 Å². The van der Waals surface area contributed by atoms with Crippen LogP contribution in [0.15, 0.2) is 53.4 Å². The van der Waals surface area contributed by atoms with E-state index in [2.05, 4.69) is 5.32 Å². The summed E-state index contributed by atoms with van der Waals surface area (Å²) in [6.45, 7) is 1.40. The average molecular weight is 439 g/mol. The van der Waals surface area contributed by atoms with Crippen molar-refractivity contribution in [2.45, 2.75) is 17.9 Å². The molecule has 0 radical (unpaired) electrons. The zero-order chi connectivity index (χ0) is 20.5. The van der Waals surface area contributed by atoms with Crippen LogP contribution < -0.4 is 10.5 Å². The second-order valence-electron chi connectivity index (χ2n) is 5.85. The van der Waals surface area contributed by atoms with Gasteiger partial charge in [0.25, 0.3) is 5.91 Å². The van der Waals surface area contributed by atoms with Gasteiger partial charge in [-0.3, -0.25) is 4.79 Å². The first kappa shape index (κ1) is 20.3. The number of hydrogen-bond donors (Lipinski definition) is 2. The van der Waals surface area contributed by atoms with Crippen LogP contribution in [-0.2, 0) is 19.6 Å². The lowest BCUT2D eigenvalue weighted by atomic mass is 10.2. The van der Waals surface area contributed by atoms with E-state index in [1.807, 2.05) is 18.2 Å². The van der Waals surface area contributed by atoms with Crippen LogP contribution in [0.3, 0.4) is 0 Å². The fourth-order valence-electron chi connectivity index (χ4n) is 2.41. The SMILES string of the molecule is CC(OC(=O)c1sc2ccccc2c1Cl)C(=O)Nc1cccc(S(N)(=O)=O)c1. The normalized spacial score (nSPS) is 12.5. The van der Waals surface area contributed by atoms with Gasteiger partial charge in [-0.1, -0.05) is 35.9 Å². The first-order valence-corrected chi connectivity index (χ1v) is 10.7. The third-order valence-electron chi connectivity index (χ3n) is 3.80. The fraction of sp³-hybridized carbons (Fsp3) is 0.111. The molecule has 3 N–H and O–H groups in total. The Balaban J connectivity index is 1.72. The van der Waals surface area contributed by atoms with E-state index in [4.69, 9.17) is 21.5 Å². The number of benzene rings is 2. The Labute approximate surface area is 170 Å². The van der Waals surface area contributed by atoms with Gasteiger partial charge in [-0.15, -0.1) is 11.3 Å². The molecule has 1 atom stereocenters. The number of halogens is 1. The lowest BCUT2D eigenvalue weighted by molar-refractivity contribution is -0.123. The number of rotatable bonds is 5. The number of esters is 1. The Morgan fingerprint density at radius 2 is 1.89 bits per heavy atom. The molecule has 2 aromatic carbocycles. The third-order valence-corrected chi connectivity index (χ3v) is 6.37. The maximum atomic E-state index is 12.4. The summed E-state index contributed by atoms with van der Waals surface area (Å²) in [5.74, 6) is -1.34. The summed E-state index contributed by atoms with van der Waals surface area (Å²) >= 11 is 7.42. The van der Waals surface area contributed by atoms with Crippen molar-refractivity contribution in [1.29, 1.82) is 0 Å². The summed E-state index contributed by atoms with van der Waals surface area (Å²) in [6.07, 6.45) is -1.13. The lowest BCUT2D eigenvalue weighted by Crippen LogP contribution is -2.30. The Hall–Kier alpha value is -2.46. The number of nitrogens with one attached hydrogen (secondary N) is 1. The standard InChI is InChI=1S/C18H15ClN2O5S2/c1-10(17(22)21-11-5-4-6-12(9-11)28(20,24)25)26-18(23)16-15(19)13-7-2-3-8-14(13)27-16/h2-10H,1H3,(H,21,22)(H2,20,24,25). The minimum absolute atomic E-state index is 0.146. The Morgan fingerprint density at radius 1 is 1.18 bits per heavy atom. The van der Waals surface area contributed by atoms with E-state index in [-0.39, 0.29) is 20.5 Å². The molecule has 0 spiro atoms. The van der Waals surface area contributed by atoms with Crippen molar-refractivity contribution in [2.24, 2.45) is 5.14 Å². The molecule has 0 aliphatic rings. The lowest BCUT2D eigenvalue weighted by Gasteiger charge is -2.13. The number of fused-ring (bicyclic) bond motifs is 1. The zero-order valence-electron chi connectivity index (χ0n) is 14.5. The molecule has 3 aromatic rings. The molecular weight excluding hydrogens is 424 g/mol. The van der Waals surface area contributed by atoms with E-state index in [0.29, 0.717) is 0 Å². The van der Waals surface area contributed by atoms with Crippen molar-refractivity contribution in [2.75, 3.05) is 5.32 Å². The van der Waals surface area contributed by atoms with Crippen LogP contribution in [-0.4, -0.2) is 26.4 Å². The quantitative estimate of drug-likeness (QED) is 0.592. The van der Waals surface area contributed by atoms with Gasteiger partial charge in [0.05, 0.1) is 9.92 Å². The summed E-state index contributed by atoms with van der Waals surface area (Å²) in [7, 11) is -3.90. The van der Waals surface area contributed by atoms with E-state index in [1.165, 1.54) is 42.5 Å². The smallest absolute Gasteiger partial charge is 0.350 e. The second kappa shape index (κ2) is 7.88. The molecule has 0 saturated heterocycles. The molecule has 1 heterocycles. The highest BCUT2D eigenvalue weighted by Crippen LogP contribution is 2.35. The number of ether oxygens (including phenoxy) is 1. The summed E-state index contributed by atoms with van der Waals surface area (Å²) in [5, 5.41) is 8.57. The molecule has 0 bridgehead atoms. The molecular formula is C18H15ClN2O5S2. The topological polar surface area (TPSA) is 116 Å². The van der Waals surface area contributed by atoms with Gasteiger partial charge in [0, 0.05) is 15.8 Å². The summed E-state index contributed by atoms with van der Waals surface area (Å²) in [5.41, 5.74) is 0.208. The summed E-state index contributed by atoms with van der Waals surface area (Å²) in [6, 6.07) is 12.7. The summed E-state index contributed by atoms with van der Waals surface area (Å²) in [4.78, 5) is 24.8. The van der Waals surface area contributed by atoms with Crippen molar-refractivity contribution >= 4 is 60.6 Å². The molecule has 28 heavy (non-hydrogen) atoms. The summed E-state index contributed by atoms with van der Waals surface area (Å²) < 4.78 is 28.8. The largest absolute Gasteiger partial charge is 0.448 e. The molecule has 0 fully saturated rings. The van der Waals surface area contributed by atoms with Crippen molar-refractivity contribution in [3.8, 4) is 0 Å². The van der Waals surface area contributed by atoms with Crippen molar-refractivity contribution < 1.29 is 22.7 Å². The van der Waals surface area contributed by atoms with Crippen molar-refractivity contribution in [3.05, 3.63) is 58.4 Å². The molecule has 1 aromatic heterocycles. The molecule has 0 aliphatic carbocycles. The van der Waals surface area contributed by atoms with Crippen molar-refractivity contribution in [1.82, 2.24) is 0 Å². The van der Waals surface area contributed by atoms with Crippen LogP contribution in [0.4, 0.5) is 5.69 Å². The van der Waals surface area contributed by atoms with Crippen LogP contribution in [0.5, 0.6) is 0 Å². The van der Waals surface area contributed by atoms with E-state index in [1.54, 1.807) is 6.07 Å². The van der Waals surface area contributed by atoms with E-state index < -0.39 is 28.0 Å². The van der Waals surface area contributed by atoms with Gasteiger partial charge in [-0.2, -0.15) is 0 Å². The Bertz CT molecular complexity index is 1170. The number of amides is 1. The van der Waals surface area contributed by atoms with Crippen molar-refractivity contribution in [3.63, 3.8) is 0 Å². The van der Waals surface area contributed by atoms with Gasteiger partial charge in [0.15, 0.2) is 6.10 Å². The number of primary sulfonamides is 1. The number of nitrogens with two attached hydrogens (primary N) is 1. The molecule has 7 nitrogen and oxygen atoms in total. The number of thiophene rings is 1. The number of hydrogen-bond acceptors (Lipinski definition) is 6. The average Bonchev–Trinajstić information content (AvgIpc) is 2.98. The first-order valence-electron chi connectivity index (χ1n) is 7.98. The number of carbonyl (C=O) groups excluding carboxylic acids is 2. The first-order chi connectivity index (χ1) is 13.2. The molecule has 1 unspecified atom stereocenters. The molecule has 3 rings (SSSR count). The number of anilines is 1. The van der Waals surface area contributed by atoms with E-state index >= 15 is 0 Å². The van der Waals surface area contributed by atoms with Crippen LogP contribution in [0.25, 0.3) is 10.1 Å². The van der Waals surface area contributed by atoms with Gasteiger partial charge >= 0.3 is 5.97 Å². The fourth-order valence-corrected chi connectivity index (χ4v) is 4.36. The van der Waals surface area contributed by atoms with Crippen LogP contribution in [0.2, 0.25) is 5.02 Å². The van der Waals surface area contributed by atoms with E-state index in [9.17, 15) is 18.0 Å². The Morgan fingerprint density at radius 3 is 2.57 bits per heavy atom. The molecule has 0 saturated carbocycles. The number of carbonyl (C=O) groups is 2. The predicted octanol–water partition coefficient (Wildman–Crippen LogP) is 3.39. The molecule has 1 amide bonds. The molecule has 0 aliphatic heterocycles. The van der Waals surface area contributed by atoms with Crippen LogP contribution in [0.1, 0.15) is 16.6 Å². The highest BCUT2D eigenvalue weighted by Gasteiger charge is 2.23. The highest BCUT2D eigenvalue weighted by atomic mass is 35.5. The monoisotopic (exact) mass is 438 g/mol. The second-order valence-corrected chi connectivity index (χ2v) is 8.84. The minimum atomic E-state index is -3.90. The number of sulfonamides is 1. The Kier molecular flexibility index (Phi) is 5.71. The van der Waals surface area contributed by atoms with Gasteiger partial charge in [0.2, 0.25) is 10.0 Å². The van der Waals surface area contributed by atoms with Crippen LogP contribution >= 0.6 is 22.9 Å². The molecule has 146 valence electrons. The third kappa shape index (κ3) is 4.33. The van der Waals surface area contributed by atoms with Gasteiger partial charge in [0.1, 0.15) is 4.88 Å².